The number of pyridine rings is 1. The largest absolute Gasteiger partial charge is 0.347 e. The van der Waals surface area contributed by atoms with Gasteiger partial charge in [-0.05, 0) is 34.9 Å². The molecular weight excluding hydrogens is 417 g/mol. The summed E-state index contributed by atoms with van der Waals surface area (Å²) in [5.41, 5.74) is 3.31. The fourth-order valence-corrected chi connectivity index (χ4v) is 4.28. The minimum absolute atomic E-state index is 0.136. The topological polar surface area (TPSA) is 63.1 Å². The molecule has 1 unspecified atom stereocenters. The van der Waals surface area contributed by atoms with Crippen LogP contribution in [0.25, 0.3) is 0 Å². The molecule has 1 N–H and O–H groups in total. The monoisotopic (exact) mass is 441 g/mol. The molecule has 0 bridgehead atoms. The number of fused-ring (bicyclic) bond motifs is 1. The van der Waals surface area contributed by atoms with Gasteiger partial charge in [0.2, 0.25) is 0 Å². The molecule has 0 aliphatic carbocycles. The van der Waals surface area contributed by atoms with Crippen molar-refractivity contribution in [3.63, 3.8) is 0 Å². The van der Waals surface area contributed by atoms with Crippen LogP contribution in [0.1, 0.15) is 39.0 Å². The van der Waals surface area contributed by atoms with Crippen LogP contribution in [-0.2, 0) is 19.6 Å². The third kappa shape index (κ3) is 4.68. The van der Waals surface area contributed by atoms with Crippen LogP contribution >= 0.6 is 0 Å². The SMILES string of the molecule is O=C(NCc1cccnc1)c1cn2c(n1)C(c1ccccc1)N(Cc1cccc(F)c1)CC2. The Kier molecular flexibility index (Phi) is 5.95. The van der Waals surface area contributed by atoms with E-state index in [9.17, 15) is 9.18 Å². The molecular formula is C26H24FN5O. The van der Waals surface area contributed by atoms with Crippen molar-refractivity contribution < 1.29 is 9.18 Å². The lowest BCUT2D eigenvalue weighted by atomic mass is 10.0. The Morgan fingerprint density at radius 2 is 1.88 bits per heavy atom. The number of nitrogens with zero attached hydrogens (tertiary/aromatic N) is 4. The van der Waals surface area contributed by atoms with Crippen LogP contribution in [0.3, 0.4) is 0 Å². The summed E-state index contributed by atoms with van der Waals surface area (Å²) >= 11 is 0. The number of nitrogens with one attached hydrogen (secondary N) is 1. The maximum atomic E-state index is 13.8. The molecule has 0 saturated heterocycles. The molecule has 1 atom stereocenters. The molecule has 4 aromatic rings. The summed E-state index contributed by atoms with van der Waals surface area (Å²) < 4.78 is 15.8. The van der Waals surface area contributed by atoms with E-state index in [0.717, 1.165) is 29.1 Å². The average Bonchev–Trinajstić information content (AvgIpc) is 3.28. The molecule has 0 saturated carbocycles. The van der Waals surface area contributed by atoms with Gasteiger partial charge in [-0.25, -0.2) is 9.37 Å². The Morgan fingerprint density at radius 3 is 2.67 bits per heavy atom. The Labute approximate surface area is 191 Å². The van der Waals surface area contributed by atoms with Crippen LogP contribution < -0.4 is 5.32 Å². The van der Waals surface area contributed by atoms with Crippen molar-refractivity contribution in [2.24, 2.45) is 0 Å². The molecule has 0 spiro atoms. The fourth-order valence-electron chi connectivity index (χ4n) is 4.28. The van der Waals surface area contributed by atoms with Crippen molar-refractivity contribution in [2.45, 2.75) is 25.7 Å². The first kappa shape index (κ1) is 21.0. The highest BCUT2D eigenvalue weighted by molar-refractivity contribution is 5.92. The molecule has 2 aromatic carbocycles. The van der Waals surface area contributed by atoms with Crippen molar-refractivity contribution >= 4 is 5.91 Å². The quantitative estimate of drug-likeness (QED) is 0.492. The van der Waals surface area contributed by atoms with Crippen molar-refractivity contribution in [1.29, 1.82) is 0 Å². The number of imidazole rings is 1. The summed E-state index contributed by atoms with van der Waals surface area (Å²) in [6.45, 7) is 2.45. The average molecular weight is 442 g/mol. The molecule has 1 aliphatic rings. The highest BCUT2D eigenvalue weighted by Gasteiger charge is 2.32. The molecule has 7 heteroatoms. The number of carbonyl (C=O) groups excluding carboxylic acids is 1. The van der Waals surface area contributed by atoms with E-state index in [1.807, 2.05) is 42.6 Å². The standard InChI is InChI=1S/C26H24FN5O/c27-22-10-4-6-19(14-22)17-31-12-13-32-18-23(26(33)29-16-20-7-5-11-28-15-20)30-25(32)24(31)21-8-2-1-3-9-21/h1-11,14-15,18,24H,12-13,16-17H2,(H,29,33). The van der Waals surface area contributed by atoms with E-state index in [2.05, 4.69) is 31.9 Å². The Hall–Kier alpha value is -3.84. The van der Waals surface area contributed by atoms with Crippen molar-refractivity contribution in [2.75, 3.05) is 6.54 Å². The van der Waals surface area contributed by atoms with Gasteiger partial charge < -0.3 is 9.88 Å². The smallest absolute Gasteiger partial charge is 0.271 e. The third-order valence-electron chi connectivity index (χ3n) is 5.84. The number of carbonyl (C=O) groups is 1. The minimum atomic E-state index is -0.241. The van der Waals surface area contributed by atoms with E-state index >= 15 is 0 Å². The molecule has 2 aromatic heterocycles. The lowest BCUT2D eigenvalue weighted by molar-refractivity contribution is 0.0946. The lowest BCUT2D eigenvalue weighted by Crippen LogP contribution is -2.38. The normalized spacial score (nSPS) is 15.7. The first-order valence-corrected chi connectivity index (χ1v) is 10.9. The summed E-state index contributed by atoms with van der Waals surface area (Å²) in [5, 5.41) is 2.93. The first-order valence-electron chi connectivity index (χ1n) is 10.9. The molecule has 166 valence electrons. The van der Waals surface area contributed by atoms with Gasteiger partial charge in [0.25, 0.3) is 5.91 Å². The summed E-state index contributed by atoms with van der Waals surface area (Å²) in [6, 6.07) is 20.4. The van der Waals surface area contributed by atoms with Crippen LogP contribution in [0, 0.1) is 5.82 Å². The number of hydrogen-bond acceptors (Lipinski definition) is 4. The molecule has 0 radical (unpaired) electrons. The number of hydrogen-bond donors (Lipinski definition) is 1. The number of amides is 1. The van der Waals surface area contributed by atoms with E-state index in [0.29, 0.717) is 25.3 Å². The minimum Gasteiger partial charge on any atom is -0.347 e. The zero-order valence-corrected chi connectivity index (χ0v) is 18.1. The van der Waals surface area contributed by atoms with Crippen LogP contribution in [0.15, 0.2) is 85.3 Å². The Morgan fingerprint density at radius 1 is 1.03 bits per heavy atom. The molecule has 6 nitrogen and oxygen atoms in total. The molecule has 1 aliphatic heterocycles. The van der Waals surface area contributed by atoms with E-state index in [4.69, 9.17) is 4.98 Å². The molecule has 1 amide bonds. The predicted molar refractivity (Wildman–Crippen MR) is 123 cm³/mol. The van der Waals surface area contributed by atoms with Gasteiger partial charge in [0, 0.05) is 44.8 Å². The first-order chi connectivity index (χ1) is 16.2. The fraction of sp³-hybridized carbons (Fsp3) is 0.192. The zero-order valence-electron chi connectivity index (χ0n) is 18.1. The van der Waals surface area contributed by atoms with Gasteiger partial charge >= 0.3 is 0 Å². The van der Waals surface area contributed by atoms with Crippen LogP contribution in [0.2, 0.25) is 0 Å². The Balaban J connectivity index is 1.42. The van der Waals surface area contributed by atoms with E-state index in [1.54, 1.807) is 24.5 Å². The number of halogens is 1. The lowest BCUT2D eigenvalue weighted by Gasteiger charge is -2.36. The second-order valence-electron chi connectivity index (χ2n) is 8.14. The highest BCUT2D eigenvalue weighted by Crippen LogP contribution is 2.32. The summed E-state index contributed by atoms with van der Waals surface area (Å²) in [5.74, 6) is 0.356. The summed E-state index contributed by atoms with van der Waals surface area (Å²) in [4.78, 5) is 23.9. The summed E-state index contributed by atoms with van der Waals surface area (Å²) in [6.07, 6.45) is 5.26. The Bertz CT molecular complexity index is 1240. The molecule has 33 heavy (non-hydrogen) atoms. The van der Waals surface area contributed by atoms with Gasteiger partial charge in [0.15, 0.2) is 0 Å². The third-order valence-corrected chi connectivity index (χ3v) is 5.84. The maximum absolute atomic E-state index is 13.8. The van der Waals surface area contributed by atoms with Gasteiger partial charge in [0.1, 0.15) is 17.3 Å². The van der Waals surface area contributed by atoms with Crippen molar-refractivity contribution in [1.82, 2.24) is 24.8 Å². The van der Waals surface area contributed by atoms with E-state index < -0.39 is 0 Å². The molecule has 0 fully saturated rings. The van der Waals surface area contributed by atoms with Crippen LogP contribution in [-0.4, -0.2) is 31.9 Å². The summed E-state index contributed by atoms with van der Waals surface area (Å²) in [7, 11) is 0. The number of benzene rings is 2. The van der Waals surface area contributed by atoms with Crippen molar-refractivity contribution in [3.8, 4) is 0 Å². The number of rotatable bonds is 6. The van der Waals surface area contributed by atoms with E-state index in [-0.39, 0.29) is 17.8 Å². The van der Waals surface area contributed by atoms with Gasteiger partial charge in [0.05, 0.1) is 6.04 Å². The second-order valence-corrected chi connectivity index (χ2v) is 8.14. The number of aromatic nitrogens is 3. The maximum Gasteiger partial charge on any atom is 0.271 e. The molecule has 5 rings (SSSR count). The predicted octanol–water partition coefficient (Wildman–Crippen LogP) is 3.95. The van der Waals surface area contributed by atoms with Crippen LogP contribution in [0.5, 0.6) is 0 Å². The second kappa shape index (κ2) is 9.34. The zero-order chi connectivity index (χ0) is 22.6. The van der Waals surface area contributed by atoms with E-state index in [1.165, 1.54) is 6.07 Å². The van der Waals surface area contributed by atoms with Gasteiger partial charge in [-0.3, -0.25) is 14.7 Å². The highest BCUT2D eigenvalue weighted by atomic mass is 19.1. The molecule has 3 heterocycles. The van der Waals surface area contributed by atoms with Gasteiger partial charge in [-0.15, -0.1) is 0 Å². The van der Waals surface area contributed by atoms with Gasteiger partial charge in [-0.2, -0.15) is 0 Å². The van der Waals surface area contributed by atoms with Crippen LogP contribution in [0.4, 0.5) is 4.39 Å². The van der Waals surface area contributed by atoms with Crippen molar-refractivity contribution in [3.05, 3.63) is 119 Å². The van der Waals surface area contributed by atoms with Gasteiger partial charge in [-0.1, -0.05) is 48.5 Å².